The first-order valence-corrected chi connectivity index (χ1v) is 10.2. The van der Waals surface area contributed by atoms with Crippen LogP contribution in [0.25, 0.3) is 0 Å². The number of rotatable bonds is 4. The number of carbonyl (C=O) groups excluding carboxylic acids is 3. The lowest BCUT2D eigenvalue weighted by Crippen LogP contribution is -2.28. The van der Waals surface area contributed by atoms with E-state index in [4.69, 9.17) is 0 Å². The molecule has 6 nitrogen and oxygen atoms in total. The van der Waals surface area contributed by atoms with E-state index in [-0.39, 0.29) is 30.0 Å². The van der Waals surface area contributed by atoms with E-state index < -0.39 is 5.92 Å². The van der Waals surface area contributed by atoms with Crippen molar-refractivity contribution in [3.63, 3.8) is 0 Å². The topological polar surface area (TPSA) is 69.7 Å². The number of amides is 3. The molecule has 30 heavy (non-hydrogen) atoms. The fraction of sp³-hybridized carbons (Fsp3) is 0.348. The zero-order valence-electron chi connectivity index (χ0n) is 17.1. The Morgan fingerprint density at radius 2 is 2.00 bits per heavy atom. The number of hydrogen-bond donors (Lipinski definition) is 1. The van der Waals surface area contributed by atoms with Crippen LogP contribution in [-0.2, 0) is 20.8 Å². The number of benzene rings is 2. The Bertz CT molecular complexity index is 1040. The summed E-state index contributed by atoms with van der Waals surface area (Å²) in [5, 5.41) is 2.81. The molecule has 0 aliphatic carbocycles. The molecule has 0 unspecified atom stereocenters. The minimum Gasteiger partial charge on any atom is -0.326 e. The first kappa shape index (κ1) is 20.1. The van der Waals surface area contributed by atoms with Crippen LogP contribution in [0.1, 0.15) is 30.9 Å². The zero-order valence-corrected chi connectivity index (χ0v) is 17.1. The lowest BCUT2D eigenvalue weighted by molar-refractivity contribution is -0.122. The molecule has 1 N–H and O–H groups in total. The van der Waals surface area contributed by atoms with Gasteiger partial charge in [0.15, 0.2) is 0 Å². The Kier molecular flexibility index (Phi) is 5.28. The van der Waals surface area contributed by atoms with Gasteiger partial charge < -0.3 is 15.1 Å². The first-order valence-electron chi connectivity index (χ1n) is 10.2. The molecule has 7 heteroatoms. The Balaban J connectivity index is 1.47. The van der Waals surface area contributed by atoms with Gasteiger partial charge in [-0.2, -0.15) is 0 Å². The Hall–Kier alpha value is -3.22. The molecular weight excluding hydrogens is 385 g/mol. The summed E-state index contributed by atoms with van der Waals surface area (Å²) in [6.45, 7) is 4.51. The molecular formula is C23H24FN3O3. The van der Waals surface area contributed by atoms with E-state index in [1.54, 1.807) is 16.7 Å². The van der Waals surface area contributed by atoms with Gasteiger partial charge in [-0.05, 0) is 60.9 Å². The Morgan fingerprint density at radius 1 is 1.20 bits per heavy atom. The Morgan fingerprint density at radius 3 is 2.73 bits per heavy atom. The molecule has 4 rings (SSSR count). The van der Waals surface area contributed by atoms with Crippen molar-refractivity contribution in [3.8, 4) is 0 Å². The van der Waals surface area contributed by atoms with Gasteiger partial charge in [-0.3, -0.25) is 14.4 Å². The monoisotopic (exact) mass is 409 g/mol. The van der Waals surface area contributed by atoms with E-state index in [0.29, 0.717) is 30.8 Å². The van der Waals surface area contributed by atoms with Gasteiger partial charge in [0.25, 0.3) is 0 Å². The van der Waals surface area contributed by atoms with Gasteiger partial charge in [0.2, 0.25) is 17.7 Å². The van der Waals surface area contributed by atoms with Crippen molar-refractivity contribution in [1.29, 1.82) is 0 Å². The van der Waals surface area contributed by atoms with Gasteiger partial charge in [0.1, 0.15) is 5.82 Å². The highest BCUT2D eigenvalue weighted by Gasteiger charge is 2.36. The third kappa shape index (κ3) is 3.67. The smallest absolute Gasteiger partial charge is 0.229 e. The largest absolute Gasteiger partial charge is 0.326 e. The van der Waals surface area contributed by atoms with E-state index in [1.807, 2.05) is 25.1 Å². The maximum Gasteiger partial charge on any atom is 0.229 e. The van der Waals surface area contributed by atoms with Crippen LogP contribution in [0, 0.1) is 18.7 Å². The molecule has 0 radical (unpaired) electrons. The highest BCUT2D eigenvalue weighted by molar-refractivity contribution is 6.04. The van der Waals surface area contributed by atoms with Crippen molar-refractivity contribution in [3.05, 3.63) is 53.3 Å². The molecule has 0 bridgehead atoms. The van der Waals surface area contributed by atoms with Crippen molar-refractivity contribution in [2.75, 3.05) is 28.2 Å². The van der Waals surface area contributed by atoms with Crippen molar-refractivity contribution in [2.24, 2.45) is 5.92 Å². The number of nitrogens with one attached hydrogen (secondary N) is 1. The van der Waals surface area contributed by atoms with E-state index >= 15 is 0 Å². The molecule has 0 spiro atoms. The van der Waals surface area contributed by atoms with Gasteiger partial charge in [-0.1, -0.05) is 6.92 Å². The quantitative estimate of drug-likeness (QED) is 0.841. The number of halogens is 1. The number of carbonyl (C=O) groups is 3. The van der Waals surface area contributed by atoms with Crippen LogP contribution in [-0.4, -0.2) is 30.8 Å². The molecule has 156 valence electrons. The fourth-order valence-electron chi connectivity index (χ4n) is 4.14. The molecule has 2 heterocycles. The van der Waals surface area contributed by atoms with Crippen LogP contribution < -0.4 is 15.1 Å². The summed E-state index contributed by atoms with van der Waals surface area (Å²) in [6, 6.07) is 9.85. The van der Waals surface area contributed by atoms with Gasteiger partial charge in [-0.15, -0.1) is 0 Å². The molecule has 2 aliphatic heterocycles. The summed E-state index contributed by atoms with van der Waals surface area (Å²) in [5.41, 5.74) is 3.87. The number of hydrogen-bond acceptors (Lipinski definition) is 3. The third-order valence-corrected chi connectivity index (χ3v) is 5.82. The molecule has 1 saturated heterocycles. The second-order valence-electron chi connectivity index (χ2n) is 7.82. The maximum absolute atomic E-state index is 13.3. The average molecular weight is 409 g/mol. The van der Waals surface area contributed by atoms with E-state index in [0.717, 1.165) is 23.4 Å². The lowest BCUT2D eigenvalue weighted by Gasteiger charge is -2.20. The maximum atomic E-state index is 13.3. The van der Waals surface area contributed by atoms with Crippen molar-refractivity contribution < 1.29 is 18.8 Å². The molecule has 2 aliphatic rings. The molecule has 2 aromatic carbocycles. The first-order chi connectivity index (χ1) is 14.4. The van der Waals surface area contributed by atoms with E-state index in [2.05, 4.69) is 5.32 Å². The summed E-state index contributed by atoms with van der Waals surface area (Å²) >= 11 is 0. The van der Waals surface area contributed by atoms with Crippen LogP contribution in [0.5, 0.6) is 0 Å². The van der Waals surface area contributed by atoms with Crippen molar-refractivity contribution in [1.82, 2.24) is 0 Å². The molecule has 1 atom stereocenters. The van der Waals surface area contributed by atoms with Gasteiger partial charge >= 0.3 is 0 Å². The standard InChI is InChI=1S/C23H24FN3O3/c1-3-21(28)26-9-8-15-11-18(5-7-20(15)26)27-13-16(12-22(27)29)23(30)25-19-6-4-17(24)10-14(19)2/h4-7,10-11,16H,3,8-9,12-13H2,1-2H3,(H,25,30)/t16-/m0/s1. The normalized spacial score (nSPS) is 18.0. The molecule has 0 aromatic heterocycles. The van der Waals surface area contributed by atoms with Crippen LogP contribution in [0.2, 0.25) is 0 Å². The fourth-order valence-corrected chi connectivity index (χ4v) is 4.14. The van der Waals surface area contributed by atoms with E-state index in [1.165, 1.54) is 18.2 Å². The lowest BCUT2D eigenvalue weighted by atomic mass is 10.1. The highest BCUT2D eigenvalue weighted by atomic mass is 19.1. The SMILES string of the molecule is CCC(=O)N1CCc2cc(N3C[C@@H](C(=O)Nc4ccc(F)cc4C)CC3=O)ccc21. The molecule has 1 fully saturated rings. The molecule has 0 saturated carbocycles. The number of anilines is 3. The Labute approximate surface area is 174 Å². The zero-order chi connectivity index (χ0) is 21.4. The van der Waals surface area contributed by atoms with Crippen LogP contribution in [0.3, 0.4) is 0 Å². The van der Waals surface area contributed by atoms with Crippen LogP contribution in [0.15, 0.2) is 36.4 Å². The summed E-state index contributed by atoms with van der Waals surface area (Å²) in [4.78, 5) is 40.8. The summed E-state index contributed by atoms with van der Waals surface area (Å²) in [7, 11) is 0. The van der Waals surface area contributed by atoms with E-state index in [9.17, 15) is 18.8 Å². The highest BCUT2D eigenvalue weighted by Crippen LogP contribution is 2.34. The van der Waals surface area contributed by atoms with Crippen molar-refractivity contribution >= 4 is 34.8 Å². The minimum atomic E-state index is -0.478. The summed E-state index contributed by atoms with van der Waals surface area (Å²) < 4.78 is 13.3. The van der Waals surface area contributed by atoms with Gasteiger partial charge in [0.05, 0.1) is 5.92 Å². The predicted molar refractivity (Wildman–Crippen MR) is 113 cm³/mol. The van der Waals surface area contributed by atoms with Crippen molar-refractivity contribution in [2.45, 2.75) is 33.1 Å². The van der Waals surface area contributed by atoms with Crippen LogP contribution in [0.4, 0.5) is 21.5 Å². The third-order valence-electron chi connectivity index (χ3n) is 5.82. The van der Waals surface area contributed by atoms with Gasteiger partial charge in [0, 0.05) is 43.0 Å². The van der Waals surface area contributed by atoms with Gasteiger partial charge in [-0.25, -0.2) is 4.39 Å². The summed E-state index contributed by atoms with van der Waals surface area (Å²) in [5.74, 6) is -1.10. The molecule has 2 aromatic rings. The molecule has 3 amide bonds. The minimum absolute atomic E-state index is 0.0894. The summed E-state index contributed by atoms with van der Waals surface area (Å²) in [6.07, 6.45) is 1.34. The number of aryl methyl sites for hydroxylation is 1. The predicted octanol–water partition coefficient (Wildman–Crippen LogP) is 3.42. The number of nitrogens with zero attached hydrogens (tertiary/aromatic N) is 2. The van der Waals surface area contributed by atoms with Crippen LogP contribution >= 0.6 is 0 Å². The second-order valence-corrected chi connectivity index (χ2v) is 7.82. The number of fused-ring (bicyclic) bond motifs is 1. The second kappa shape index (κ2) is 7.89. The average Bonchev–Trinajstić information content (AvgIpc) is 3.32.